The molecule has 1 amide bonds. The van der Waals surface area contributed by atoms with E-state index in [1.165, 1.54) is 57.8 Å². The topological polar surface area (TPSA) is 64.6 Å². The monoisotopic (exact) mass is 515 g/mol. The molecule has 5 nitrogen and oxygen atoms in total. The number of hydrogen-bond donors (Lipinski definition) is 1. The van der Waals surface area contributed by atoms with Gasteiger partial charge >= 0.3 is 0 Å². The average Bonchev–Trinajstić information content (AvgIpc) is 3.04. The van der Waals surface area contributed by atoms with Gasteiger partial charge in [0.15, 0.2) is 0 Å². The molecule has 0 radical (unpaired) electrons. The first-order valence-corrected chi connectivity index (χ1v) is 15.8. The number of carbonyl (C=O) groups excluding carboxylic acids is 2. The number of hydrogen-bond acceptors (Lipinski definition) is 4. The number of nitrogens with one attached hydrogen (secondary N) is 1. The molecule has 1 N–H and O–H groups in total. The summed E-state index contributed by atoms with van der Waals surface area (Å²) in [4.78, 5) is 24.2. The lowest BCUT2D eigenvalue weighted by molar-refractivity contribution is -0.131. The van der Waals surface area contributed by atoms with Crippen LogP contribution in [0.4, 0.5) is 0 Å². The SMILES string of the molecule is COC(C1CC(C2CCC(C(=O)NC3CC(C(C)=O)C3)CC2)C1)[C@H](C)[C@@H]1CCC[C@@H]2CCC(C)OCC21. The van der Waals surface area contributed by atoms with Crippen molar-refractivity contribution in [3.8, 4) is 0 Å². The van der Waals surface area contributed by atoms with Gasteiger partial charge in [-0.15, -0.1) is 0 Å². The zero-order valence-electron chi connectivity index (χ0n) is 24.0. The normalized spacial score (nSPS) is 43.8. The minimum absolute atomic E-state index is 0.176. The predicted molar refractivity (Wildman–Crippen MR) is 146 cm³/mol. The molecule has 37 heavy (non-hydrogen) atoms. The van der Waals surface area contributed by atoms with Gasteiger partial charge in [0, 0.05) is 25.0 Å². The second-order valence-electron chi connectivity index (χ2n) is 13.9. The Kier molecular flexibility index (Phi) is 9.01. The summed E-state index contributed by atoms with van der Waals surface area (Å²) in [5.41, 5.74) is 0. The third-order valence-corrected chi connectivity index (χ3v) is 11.8. The molecule has 1 saturated heterocycles. The highest BCUT2D eigenvalue weighted by Crippen LogP contribution is 2.51. The molecule has 4 saturated carbocycles. The molecule has 3 unspecified atom stereocenters. The molecule has 1 aliphatic heterocycles. The fourth-order valence-electron chi connectivity index (χ4n) is 9.15. The molecule has 1 heterocycles. The Labute approximate surface area is 225 Å². The van der Waals surface area contributed by atoms with E-state index in [4.69, 9.17) is 9.47 Å². The van der Waals surface area contributed by atoms with Crippen molar-refractivity contribution in [1.29, 1.82) is 0 Å². The summed E-state index contributed by atoms with van der Waals surface area (Å²) in [5.74, 6) is 6.09. The Morgan fingerprint density at radius 3 is 2.24 bits per heavy atom. The number of Topliss-reactive ketones (excluding diaryl/α,β-unsaturated/α-hetero) is 1. The van der Waals surface area contributed by atoms with Crippen molar-refractivity contribution in [2.75, 3.05) is 13.7 Å². The molecular formula is C32H53NO4. The maximum Gasteiger partial charge on any atom is 0.223 e. The molecule has 0 aromatic rings. The average molecular weight is 516 g/mol. The molecule has 5 rings (SSSR count). The molecule has 0 spiro atoms. The van der Waals surface area contributed by atoms with Gasteiger partial charge in [-0.1, -0.05) is 19.8 Å². The summed E-state index contributed by atoms with van der Waals surface area (Å²) in [6.07, 6.45) is 16.3. The third kappa shape index (κ3) is 6.13. The predicted octanol–water partition coefficient (Wildman–Crippen LogP) is 6.19. The van der Waals surface area contributed by atoms with Gasteiger partial charge in [0.2, 0.25) is 5.91 Å². The van der Waals surface area contributed by atoms with Gasteiger partial charge in [-0.25, -0.2) is 0 Å². The van der Waals surface area contributed by atoms with Gasteiger partial charge in [0.05, 0.1) is 18.8 Å². The van der Waals surface area contributed by atoms with Crippen molar-refractivity contribution >= 4 is 11.7 Å². The van der Waals surface area contributed by atoms with Crippen LogP contribution in [0.25, 0.3) is 0 Å². The van der Waals surface area contributed by atoms with Crippen molar-refractivity contribution < 1.29 is 19.1 Å². The van der Waals surface area contributed by atoms with Crippen LogP contribution in [0.2, 0.25) is 0 Å². The van der Waals surface area contributed by atoms with Crippen molar-refractivity contribution in [3.05, 3.63) is 0 Å². The van der Waals surface area contributed by atoms with Crippen molar-refractivity contribution in [2.45, 2.75) is 122 Å². The van der Waals surface area contributed by atoms with E-state index in [0.29, 0.717) is 24.0 Å². The Morgan fingerprint density at radius 1 is 0.865 bits per heavy atom. The highest BCUT2D eigenvalue weighted by molar-refractivity contribution is 5.81. The quantitative estimate of drug-likeness (QED) is 0.419. The number of ether oxygens (including phenoxy) is 2. The Balaban J connectivity index is 1.06. The molecule has 210 valence electrons. The van der Waals surface area contributed by atoms with Gasteiger partial charge in [0.25, 0.3) is 0 Å². The Hall–Kier alpha value is -0.940. The third-order valence-electron chi connectivity index (χ3n) is 11.8. The Bertz CT molecular complexity index is 780. The van der Waals surface area contributed by atoms with E-state index < -0.39 is 0 Å². The number of amides is 1. The standard InChI is InChI=1S/C32H53NO4/c1-19-8-9-23-6-5-7-29(30(23)18-37-19)20(2)31(36-4)27-14-26(15-27)22-10-12-24(13-11-22)32(35)33-28-16-25(17-28)21(3)34/h19-20,22-31H,5-18H2,1-4H3,(H,33,35)/t19?,20-,22?,23-,24?,25?,26?,27?,28?,29+,30?,31?/m1/s1. The first-order valence-electron chi connectivity index (χ1n) is 15.8. The summed E-state index contributed by atoms with van der Waals surface area (Å²) >= 11 is 0. The number of ketones is 1. The summed E-state index contributed by atoms with van der Waals surface area (Å²) in [7, 11) is 1.95. The van der Waals surface area contributed by atoms with Crippen LogP contribution in [0.5, 0.6) is 0 Å². The lowest BCUT2D eigenvalue weighted by atomic mass is 9.58. The minimum atomic E-state index is 0.176. The van der Waals surface area contributed by atoms with E-state index in [-0.39, 0.29) is 29.6 Å². The smallest absolute Gasteiger partial charge is 0.223 e. The zero-order chi connectivity index (χ0) is 26.1. The lowest BCUT2D eigenvalue weighted by Crippen LogP contribution is -2.49. The van der Waals surface area contributed by atoms with Crippen LogP contribution >= 0.6 is 0 Å². The largest absolute Gasteiger partial charge is 0.381 e. The molecule has 0 bridgehead atoms. The number of methoxy groups -OCH3 is 1. The second kappa shape index (κ2) is 12.1. The number of carbonyl (C=O) groups is 2. The maximum atomic E-state index is 12.8. The van der Waals surface area contributed by atoms with Crippen LogP contribution < -0.4 is 5.32 Å². The summed E-state index contributed by atoms with van der Waals surface area (Å²) in [6.45, 7) is 7.36. The van der Waals surface area contributed by atoms with Gasteiger partial charge in [-0.05, 0) is 126 Å². The number of rotatable bonds is 8. The van der Waals surface area contributed by atoms with E-state index in [9.17, 15) is 9.59 Å². The van der Waals surface area contributed by atoms with Crippen LogP contribution in [-0.4, -0.2) is 43.7 Å². The van der Waals surface area contributed by atoms with Gasteiger partial charge in [0.1, 0.15) is 5.78 Å². The molecule has 4 aliphatic carbocycles. The summed E-state index contributed by atoms with van der Waals surface area (Å²) < 4.78 is 12.5. The van der Waals surface area contributed by atoms with E-state index in [1.54, 1.807) is 6.92 Å². The first-order chi connectivity index (χ1) is 17.8. The Morgan fingerprint density at radius 2 is 1.57 bits per heavy atom. The van der Waals surface area contributed by atoms with Crippen molar-refractivity contribution in [1.82, 2.24) is 5.32 Å². The van der Waals surface area contributed by atoms with Crippen LogP contribution in [-0.2, 0) is 19.1 Å². The molecule has 0 aromatic carbocycles. The highest BCUT2D eigenvalue weighted by Gasteiger charge is 2.46. The maximum absolute atomic E-state index is 12.8. The molecular weight excluding hydrogens is 462 g/mol. The molecule has 5 heteroatoms. The van der Waals surface area contributed by atoms with Crippen LogP contribution in [0.15, 0.2) is 0 Å². The molecule has 5 fully saturated rings. The molecule has 5 aliphatic rings. The summed E-state index contributed by atoms with van der Waals surface area (Å²) in [6, 6.07) is 0.229. The van der Waals surface area contributed by atoms with E-state index in [0.717, 1.165) is 61.9 Å². The van der Waals surface area contributed by atoms with Crippen molar-refractivity contribution in [2.24, 2.45) is 53.3 Å². The highest BCUT2D eigenvalue weighted by atomic mass is 16.5. The van der Waals surface area contributed by atoms with Gasteiger partial charge < -0.3 is 14.8 Å². The second-order valence-corrected chi connectivity index (χ2v) is 13.9. The molecule has 6 atom stereocenters. The van der Waals surface area contributed by atoms with E-state index >= 15 is 0 Å². The van der Waals surface area contributed by atoms with Crippen molar-refractivity contribution in [3.63, 3.8) is 0 Å². The van der Waals surface area contributed by atoms with Crippen LogP contribution in [0.1, 0.15) is 104 Å². The van der Waals surface area contributed by atoms with E-state index in [1.807, 2.05) is 7.11 Å². The van der Waals surface area contributed by atoms with Crippen LogP contribution in [0, 0.1) is 53.3 Å². The first kappa shape index (κ1) is 27.6. The lowest BCUT2D eigenvalue weighted by Gasteiger charge is -2.49. The minimum Gasteiger partial charge on any atom is -0.381 e. The zero-order valence-corrected chi connectivity index (χ0v) is 24.0. The van der Waals surface area contributed by atoms with Gasteiger partial charge in [-0.3, -0.25) is 9.59 Å². The fourth-order valence-corrected chi connectivity index (χ4v) is 9.15. The fraction of sp³-hybridized carbons (Fsp3) is 0.938. The molecule has 0 aromatic heterocycles. The van der Waals surface area contributed by atoms with Crippen LogP contribution in [0.3, 0.4) is 0 Å². The summed E-state index contributed by atoms with van der Waals surface area (Å²) in [5, 5.41) is 3.23. The number of fused-ring (bicyclic) bond motifs is 1. The van der Waals surface area contributed by atoms with Gasteiger partial charge in [-0.2, -0.15) is 0 Å². The van der Waals surface area contributed by atoms with E-state index in [2.05, 4.69) is 19.2 Å².